The Morgan fingerprint density at radius 1 is 1.60 bits per heavy atom. The zero-order valence-electron chi connectivity index (χ0n) is 8.29. The molecule has 1 aromatic carbocycles. The predicted octanol–water partition coefficient (Wildman–Crippen LogP) is 2.74. The van der Waals surface area contributed by atoms with Gasteiger partial charge in [-0.3, -0.25) is 0 Å². The molecule has 0 bridgehead atoms. The number of benzene rings is 1. The van der Waals surface area contributed by atoms with Crippen molar-refractivity contribution in [2.24, 2.45) is 0 Å². The minimum absolute atomic E-state index is 0.314. The van der Waals surface area contributed by atoms with Gasteiger partial charge in [0.1, 0.15) is 11.2 Å². The van der Waals surface area contributed by atoms with E-state index in [1.54, 1.807) is 19.1 Å². The van der Waals surface area contributed by atoms with Crippen LogP contribution in [0.5, 0.6) is 0 Å². The highest BCUT2D eigenvalue weighted by molar-refractivity contribution is 5.56. The first-order valence-electron chi connectivity index (χ1n) is 4.65. The first-order valence-corrected chi connectivity index (χ1v) is 4.65. The quantitative estimate of drug-likeness (QED) is 0.713. The molecule has 15 heavy (non-hydrogen) atoms. The number of rotatable bonds is 1. The van der Waals surface area contributed by atoms with Crippen molar-refractivity contribution in [2.75, 3.05) is 0 Å². The molecule has 0 aromatic heterocycles. The fourth-order valence-corrected chi connectivity index (χ4v) is 1.72. The number of hydrogen-bond donors (Lipinski definition) is 1. The number of aliphatic hydroxyl groups excluding tert-OH is 1. The summed E-state index contributed by atoms with van der Waals surface area (Å²) in [7, 11) is 0. The number of nitriles is 1. The smallest absolute Gasteiger partial charge is 0.126 e. The van der Waals surface area contributed by atoms with Crippen molar-refractivity contribution < 1.29 is 9.50 Å². The molecule has 0 amide bonds. The first-order chi connectivity index (χ1) is 7.14. The molecule has 0 saturated heterocycles. The summed E-state index contributed by atoms with van der Waals surface area (Å²) >= 11 is 0. The van der Waals surface area contributed by atoms with Gasteiger partial charge in [0, 0.05) is 6.42 Å². The third-order valence-electron chi connectivity index (χ3n) is 2.89. The Labute approximate surface area is 87.3 Å². The molecule has 1 unspecified atom stereocenters. The van der Waals surface area contributed by atoms with E-state index in [2.05, 4.69) is 6.07 Å². The highest BCUT2D eigenvalue weighted by Gasteiger charge is 2.51. The molecule has 76 valence electrons. The largest absolute Gasteiger partial charge is 0.516 e. The highest BCUT2D eigenvalue weighted by atomic mass is 19.1. The van der Waals surface area contributed by atoms with Gasteiger partial charge in [-0.15, -0.1) is 0 Å². The van der Waals surface area contributed by atoms with E-state index in [0.29, 0.717) is 23.1 Å². The van der Waals surface area contributed by atoms with Crippen LogP contribution >= 0.6 is 0 Å². The molecule has 0 heterocycles. The summed E-state index contributed by atoms with van der Waals surface area (Å²) in [6, 6.07) is 6.88. The van der Waals surface area contributed by atoms with Crippen molar-refractivity contribution in [3.63, 3.8) is 0 Å². The van der Waals surface area contributed by atoms with Crippen LogP contribution in [0, 0.1) is 24.1 Å². The SMILES string of the molecule is Cc1ccc(C2(C#N)C/C2=C\O)cc1F. The van der Waals surface area contributed by atoms with Crippen LogP contribution in [-0.4, -0.2) is 5.11 Å². The lowest BCUT2D eigenvalue weighted by atomic mass is 9.95. The van der Waals surface area contributed by atoms with E-state index in [1.807, 2.05) is 0 Å². The molecule has 2 rings (SSSR count). The van der Waals surface area contributed by atoms with Gasteiger partial charge in [-0.2, -0.15) is 5.26 Å². The van der Waals surface area contributed by atoms with Crippen LogP contribution in [-0.2, 0) is 5.41 Å². The topological polar surface area (TPSA) is 44.0 Å². The van der Waals surface area contributed by atoms with Crippen LogP contribution in [0.15, 0.2) is 30.0 Å². The summed E-state index contributed by atoms with van der Waals surface area (Å²) in [5.74, 6) is -0.314. The lowest BCUT2D eigenvalue weighted by Crippen LogP contribution is -2.04. The molecule has 0 aliphatic heterocycles. The Balaban J connectivity index is 2.48. The number of hydrogen-bond acceptors (Lipinski definition) is 2. The molecule has 2 nitrogen and oxygen atoms in total. The average Bonchev–Trinajstić information content (AvgIpc) is 2.97. The van der Waals surface area contributed by atoms with Crippen LogP contribution in [0.25, 0.3) is 0 Å². The summed E-state index contributed by atoms with van der Waals surface area (Å²) in [5, 5.41) is 17.9. The number of aryl methyl sites for hydroxylation is 1. The number of allylic oxidation sites excluding steroid dienone is 1. The highest BCUT2D eigenvalue weighted by Crippen LogP contribution is 2.53. The molecule has 1 fully saturated rings. The summed E-state index contributed by atoms with van der Waals surface area (Å²) < 4.78 is 13.3. The minimum Gasteiger partial charge on any atom is -0.516 e. The monoisotopic (exact) mass is 203 g/mol. The molecule has 1 atom stereocenters. The summed E-state index contributed by atoms with van der Waals surface area (Å²) in [5.41, 5.74) is 1.03. The van der Waals surface area contributed by atoms with Gasteiger partial charge in [-0.05, 0) is 29.7 Å². The second-order valence-corrected chi connectivity index (χ2v) is 3.81. The lowest BCUT2D eigenvalue weighted by molar-refractivity contribution is 0.470. The standard InChI is InChI=1S/C12H10FNO/c1-8-2-3-9(4-11(8)13)12(7-14)5-10(12)6-15/h2-4,6,15H,5H2,1H3/b10-6+. The Morgan fingerprint density at radius 3 is 2.80 bits per heavy atom. The zero-order chi connectivity index (χ0) is 11.1. The van der Waals surface area contributed by atoms with Crippen LogP contribution in [0.4, 0.5) is 4.39 Å². The third kappa shape index (κ3) is 1.30. The first kappa shape index (κ1) is 9.72. The van der Waals surface area contributed by atoms with Crippen LogP contribution in [0.2, 0.25) is 0 Å². The Kier molecular flexibility index (Phi) is 2.01. The molecule has 3 heteroatoms. The van der Waals surface area contributed by atoms with Crippen molar-refractivity contribution in [3.05, 3.63) is 47.0 Å². The van der Waals surface area contributed by atoms with Crippen molar-refractivity contribution >= 4 is 0 Å². The third-order valence-corrected chi connectivity index (χ3v) is 2.89. The lowest BCUT2D eigenvalue weighted by Gasteiger charge is -2.06. The van der Waals surface area contributed by atoms with E-state index >= 15 is 0 Å². The van der Waals surface area contributed by atoms with Gasteiger partial charge in [0.2, 0.25) is 0 Å². The van der Waals surface area contributed by atoms with Crippen molar-refractivity contribution in [1.29, 1.82) is 5.26 Å². The molecule has 1 aliphatic carbocycles. The van der Waals surface area contributed by atoms with Crippen LogP contribution in [0.1, 0.15) is 17.5 Å². The van der Waals surface area contributed by atoms with Gasteiger partial charge in [0.05, 0.1) is 12.3 Å². The molecule has 1 saturated carbocycles. The maximum Gasteiger partial charge on any atom is 0.126 e. The van der Waals surface area contributed by atoms with E-state index in [-0.39, 0.29) is 5.82 Å². The van der Waals surface area contributed by atoms with Crippen LogP contribution in [0.3, 0.4) is 0 Å². The van der Waals surface area contributed by atoms with Crippen molar-refractivity contribution in [2.45, 2.75) is 18.8 Å². The molecular formula is C12H10FNO. The van der Waals surface area contributed by atoms with Gasteiger partial charge >= 0.3 is 0 Å². The van der Waals surface area contributed by atoms with Gasteiger partial charge in [-0.25, -0.2) is 4.39 Å². The van der Waals surface area contributed by atoms with E-state index in [9.17, 15) is 4.39 Å². The molecule has 0 radical (unpaired) electrons. The fourth-order valence-electron chi connectivity index (χ4n) is 1.72. The number of nitrogens with zero attached hydrogens (tertiary/aromatic N) is 1. The van der Waals surface area contributed by atoms with Crippen molar-refractivity contribution in [3.8, 4) is 6.07 Å². The normalized spacial score (nSPS) is 26.3. The molecule has 1 N–H and O–H groups in total. The Morgan fingerprint density at radius 2 is 2.33 bits per heavy atom. The minimum atomic E-state index is -0.788. The van der Waals surface area contributed by atoms with E-state index in [0.717, 1.165) is 6.26 Å². The van der Waals surface area contributed by atoms with E-state index < -0.39 is 5.41 Å². The van der Waals surface area contributed by atoms with E-state index in [4.69, 9.17) is 10.4 Å². The molecule has 1 aliphatic rings. The summed E-state index contributed by atoms with van der Waals surface area (Å²) in [6.07, 6.45) is 1.43. The predicted molar refractivity (Wildman–Crippen MR) is 53.8 cm³/mol. The number of halogens is 1. The molecule has 0 spiro atoms. The Bertz CT molecular complexity index is 487. The van der Waals surface area contributed by atoms with E-state index in [1.165, 1.54) is 6.07 Å². The summed E-state index contributed by atoms with van der Waals surface area (Å²) in [4.78, 5) is 0. The molecular weight excluding hydrogens is 193 g/mol. The van der Waals surface area contributed by atoms with Gasteiger partial charge in [0.25, 0.3) is 0 Å². The van der Waals surface area contributed by atoms with Gasteiger partial charge in [0.15, 0.2) is 0 Å². The Hall–Kier alpha value is -1.82. The zero-order valence-corrected chi connectivity index (χ0v) is 8.29. The fraction of sp³-hybridized carbons (Fsp3) is 0.250. The average molecular weight is 203 g/mol. The molecule has 1 aromatic rings. The van der Waals surface area contributed by atoms with Crippen molar-refractivity contribution in [1.82, 2.24) is 0 Å². The van der Waals surface area contributed by atoms with Gasteiger partial charge in [-0.1, -0.05) is 12.1 Å². The summed E-state index contributed by atoms with van der Waals surface area (Å²) in [6.45, 7) is 1.67. The second-order valence-electron chi connectivity index (χ2n) is 3.81. The van der Waals surface area contributed by atoms with Crippen LogP contribution < -0.4 is 0 Å². The second kappa shape index (κ2) is 3.09. The maximum absolute atomic E-state index is 13.3. The maximum atomic E-state index is 13.3. The van der Waals surface area contributed by atoms with Gasteiger partial charge < -0.3 is 5.11 Å². The number of aliphatic hydroxyl groups is 1.